The van der Waals surface area contributed by atoms with Crippen LogP contribution in [0.3, 0.4) is 0 Å². The van der Waals surface area contributed by atoms with Gasteiger partial charge in [-0.2, -0.15) is 18.4 Å². The number of benzene rings is 2. The summed E-state index contributed by atoms with van der Waals surface area (Å²) in [5.41, 5.74) is -1.04. The summed E-state index contributed by atoms with van der Waals surface area (Å²) < 4.78 is 78.4. The summed E-state index contributed by atoms with van der Waals surface area (Å²) >= 11 is 0. The van der Waals surface area contributed by atoms with Crippen molar-refractivity contribution in [3.05, 3.63) is 53.6 Å². The zero-order chi connectivity index (χ0) is 17.3. The Hall–Kier alpha value is -2.69. The van der Waals surface area contributed by atoms with Crippen LogP contribution in [-0.2, 0) is 6.18 Å². The van der Waals surface area contributed by atoms with Crippen LogP contribution in [0, 0.1) is 11.3 Å². The molecule has 0 aliphatic heterocycles. The summed E-state index contributed by atoms with van der Waals surface area (Å²) in [6.45, 7) is 0. The van der Waals surface area contributed by atoms with Gasteiger partial charge < -0.3 is 4.74 Å². The van der Waals surface area contributed by atoms with Gasteiger partial charge in [0.2, 0.25) is 0 Å². The highest BCUT2D eigenvalue weighted by atomic mass is 19.4. The first-order valence-electron chi connectivity index (χ1n) is 6.08. The smallest absolute Gasteiger partial charge is 0.404 e. The molecule has 2 nitrogen and oxygen atoms in total. The van der Waals surface area contributed by atoms with E-state index in [0.29, 0.717) is 0 Å². The van der Waals surface area contributed by atoms with E-state index in [9.17, 15) is 26.3 Å². The largest absolute Gasteiger partial charge is 0.573 e. The maximum absolute atomic E-state index is 12.7. The second kappa shape index (κ2) is 5.83. The fraction of sp³-hybridized carbons (Fsp3) is 0.133. The number of alkyl halides is 6. The molecule has 23 heavy (non-hydrogen) atoms. The van der Waals surface area contributed by atoms with E-state index >= 15 is 0 Å². The Morgan fingerprint density at radius 1 is 0.870 bits per heavy atom. The molecule has 0 atom stereocenters. The number of nitriles is 1. The Kier molecular flexibility index (Phi) is 4.23. The zero-order valence-corrected chi connectivity index (χ0v) is 11.2. The van der Waals surface area contributed by atoms with Crippen LogP contribution in [0.2, 0.25) is 0 Å². The number of nitrogens with zero attached hydrogens (tertiary/aromatic N) is 1. The highest BCUT2D eigenvalue weighted by molar-refractivity contribution is 5.68. The molecule has 0 heterocycles. The van der Waals surface area contributed by atoms with Crippen molar-refractivity contribution in [3.63, 3.8) is 0 Å². The van der Waals surface area contributed by atoms with Crippen molar-refractivity contribution in [1.82, 2.24) is 0 Å². The molecule has 8 heteroatoms. The molecule has 2 aromatic carbocycles. The van der Waals surface area contributed by atoms with E-state index in [0.717, 1.165) is 30.3 Å². The van der Waals surface area contributed by atoms with Gasteiger partial charge in [-0.1, -0.05) is 18.2 Å². The monoisotopic (exact) mass is 331 g/mol. The zero-order valence-electron chi connectivity index (χ0n) is 11.2. The Morgan fingerprint density at radius 3 is 2.09 bits per heavy atom. The van der Waals surface area contributed by atoms with Gasteiger partial charge in [0.25, 0.3) is 0 Å². The Labute approximate surface area is 126 Å². The Balaban J connectivity index is 2.44. The van der Waals surface area contributed by atoms with Crippen LogP contribution in [0.1, 0.15) is 11.1 Å². The third-order valence-electron chi connectivity index (χ3n) is 2.85. The van der Waals surface area contributed by atoms with Crippen LogP contribution < -0.4 is 4.74 Å². The van der Waals surface area contributed by atoms with E-state index in [-0.39, 0.29) is 11.1 Å². The second-order valence-electron chi connectivity index (χ2n) is 4.45. The van der Waals surface area contributed by atoms with Crippen LogP contribution in [-0.4, -0.2) is 6.36 Å². The van der Waals surface area contributed by atoms with Crippen molar-refractivity contribution < 1.29 is 31.1 Å². The molecule has 2 rings (SSSR count). The SMILES string of the molecule is N#Cc1cc(-c2cccc(C(F)(F)F)c2)ccc1OC(F)(F)F. The fourth-order valence-corrected chi connectivity index (χ4v) is 1.89. The van der Waals surface area contributed by atoms with Crippen LogP contribution in [0.15, 0.2) is 42.5 Å². The minimum Gasteiger partial charge on any atom is -0.404 e. The summed E-state index contributed by atoms with van der Waals surface area (Å²) in [7, 11) is 0. The van der Waals surface area contributed by atoms with Gasteiger partial charge in [-0.25, -0.2) is 0 Å². The molecule has 0 aromatic heterocycles. The molecule has 0 saturated heterocycles. The minimum absolute atomic E-state index is 0.120. The molecule has 0 spiro atoms. The molecular weight excluding hydrogens is 324 g/mol. The third kappa shape index (κ3) is 4.16. The highest BCUT2D eigenvalue weighted by Gasteiger charge is 2.32. The summed E-state index contributed by atoms with van der Waals surface area (Å²) in [5, 5.41) is 8.89. The lowest BCUT2D eigenvalue weighted by atomic mass is 10.0. The molecule has 0 bridgehead atoms. The lowest BCUT2D eigenvalue weighted by Crippen LogP contribution is -2.17. The number of ether oxygens (including phenoxy) is 1. The average Bonchev–Trinajstić information content (AvgIpc) is 2.45. The molecule has 0 unspecified atom stereocenters. The van der Waals surface area contributed by atoms with E-state index in [2.05, 4.69) is 4.74 Å². The maximum Gasteiger partial charge on any atom is 0.573 e. The van der Waals surface area contributed by atoms with Gasteiger partial charge in [0, 0.05) is 0 Å². The van der Waals surface area contributed by atoms with Gasteiger partial charge in [-0.15, -0.1) is 13.2 Å². The Morgan fingerprint density at radius 2 is 1.52 bits per heavy atom. The van der Waals surface area contributed by atoms with Crippen molar-refractivity contribution in [2.75, 3.05) is 0 Å². The molecule has 0 N–H and O–H groups in total. The van der Waals surface area contributed by atoms with E-state index < -0.39 is 29.4 Å². The van der Waals surface area contributed by atoms with Crippen LogP contribution in [0.25, 0.3) is 11.1 Å². The fourth-order valence-electron chi connectivity index (χ4n) is 1.89. The van der Waals surface area contributed by atoms with E-state index in [1.807, 2.05) is 0 Å². The van der Waals surface area contributed by atoms with Gasteiger partial charge in [0.05, 0.1) is 11.1 Å². The maximum atomic E-state index is 12.7. The van der Waals surface area contributed by atoms with E-state index in [1.165, 1.54) is 18.2 Å². The number of hydrogen-bond donors (Lipinski definition) is 0. The third-order valence-corrected chi connectivity index (χ3v) is 2.85. The van der Waals surface area contributed by atoms with E-state index in [1.54, 1.807) is 0 Å². The van der Waals surface area contributed by atoms with Crippen LogP contribution in [0.5, 0.6) is 5.75 Å². The lowest BCUT2D eigenvalue weighted by molar-refractivity contribution is -0.274. The molecular formula is C15H7F6NO. The van der Waals surface area contributed by atoms with Gasteiger partial charge in [-0.05, 0) is 35.4 Å². The lowest BCUT2D eigenvalue weighted by Gasteiger charge is -2.12. The predicted octanol–water partition coefficient (Wildman–Crippen LogP) is 5.14. The van der Waals surface area contributed by atoms with Gasteiger partial charge >= 0.3 is 12.5 Å². The molecule has 2 aromatic rings. The first-order valence-corrected chi connectivity index (χ1v) is 6.08. The molecule has 0 aliphatic carbocycles. The van der Waals surface area contributed by atoms with Crippen molar-refractivity contribution in [3.8, 4) is 22.9 Å². The minimum atomic E-state index is -4.97. The standard InChI is InChI=1S/C15H7F6NO/c16-14(17,18)12-3-1-2-9(7-12)10-4-5-13(11(6-10)8-22)23-15(19,20)21/h1-7H. The molecule has 0 radical (unpaired) electrons. The average molecular weight is 331 g/mol. The summed E-state index contributed by atoms with van der Waals surface area (Å²) in [6.07, 6.45) is -9.52. The Bertz CT molecular complexity index is 758. The predicted molar refractivity (Wildman–Crippen MR) is 68.3 cm³/mol. The first-order chi connectivity index (χ1) is 10.6. The molecule has 120 valence electrons. The van der Waals surface area contributed by atoms with Crippen LogP contribution >= 0.6 is 0 Å². The summed E-state index contributed by atoms with van der Waals surface area (Å²) in [4.78, 5) is 0. The van der Waals surface area contributed by atoms with Crippen molar-refractivity contribution in [1.29, 1.82) is 5.26 Å². The van der Waals surface area contributed by atoms with Crippen molar-refractivity contribution >= 4 is 0 Å². The molecule has 0 aliphatic rings. The number of halogens is 6. The van der Waals surface area contributed by atoms with Gasteiger partial charge in [-0.3, -0.25) is 0 Å². The number of rotatable bonds is 2. The van der Waals surface area contributed by atoms with Crippen molar-refractivity contribution in [2.24, 2.45) is 0 Å². The topological polar surface area (TPSA) is 33.0 Å². The highest BCUT2D eigenvalue weighted by Crippen LogP contribution is 2.34. The molecule has 0 fully saturated rings. The second-order valence-corrected chi connectivity index (χ2v) is 4.45. The van der Waals surface area contributed by atoms with E-state index in [4.69, 9.17) is 5.26 Å². The van der Waals surface area contributed by atoms with Crippen molar-refractivity contribution in [2.45, 2.75) is 12.5 Å². The van der Waals surface area contributed by atoms with Gasteiger partial charge in [0.15, 0.2) is 0 Å². The first kappa shape index (κ1) is 16.7. The summed E-state index contributed by atoms with van der Waals surface area (Å²) in [6, 6.07) is 8.85. The quantitative estimate of drug-likeness (QED) is 0.714. The molecule has 0 amide bonds. The normalized spacial score (nSPS) is 11.9. The molecule has 0 saturated carbocycles. The number of hydrogen-bond acceptors (Lipinski definition) is 2. The van der Waals surface area contributed by atoms with Crippen LogP contribution in [0.4, 0.5) is 26.3 Å². The van der Waals surface area contributed by atoms with Gasteiger partial charge in [0.1, 0.15) is 11.8 Å². The summed E-state index contributed by atoms with van der Waals surface area (Å²) in [5.74, 6) is -0.712.